The third-order valence-corrected chi connectivity index (χ3v) is 4.24. The Bertz CT molecular complexity index is 1080. The quantitative estimate of drug-likeness (QED) is 0.680. The van der Waals surface area contributed by atoms with Crippen LogP contribution in [0.1, 0.15) is 23.4 Å². The van der Waals surface area contributed by atoms with Crippen LogP contribution >= 0.6 is 0 Å². The van der Waals surface area contributed by atoms with Crippen molar-refractivity contribution in [1.29, 1.82) is 0 Å². The monoisotopic (exact) mass is 346 g/mol. The number of fused-ring (bicyclic) bond motifs is 2. The van der Waals surface area contributed by atoms with Crippen LogP contribution in [0.15, 0.2) is 35.4 Å². The molecule has 1 aliphatic heterocycles. The highest BCUT2D eigenvalue weighted by Gasteiger charge is 2.31. The predicted molar refractivity (Wildman–Crippen MR) is 86.7 cm³/mol. The maximum absolute atomic E-state index is 12.9. The lowest BCUT2D eigenvalue weighted by atomic mass is 10.1. The minimum absolute atomic E-state index is 0.0602. The van der Waals surface area contributed by atoms with Crippen molar-refractivity contribution >= 4 is 22.6 Å². The van der Waals surface area contributed by atoms with E-state index in [1.807, 2.05) is 12.3 Å². The van der Waals surface area contributed by atoms with Crippen molar-refractivity contribution in [3.8, 4) is 0 Å². The maximum Gasteiger partial charge on any atom is 0.416 e. The van der Waals surface area contributed by atoms with E-state index >= 15 is 0 Å². The second-order valence-electron chi connectivity index (χ2n) is 5.99. The van der Waals surface area contributed by atoms with E-state index in [-0.39, 0.29) is 16.5 Å². The van der Waals surface area contributed by atoms with Gasteiger partial charge in [-0.25, -0.2) is 4.98 Å². The number of benzene rings is 1. The van der Waals surface area contributed by atoms with Gasteiger partial charge in [-0.2, -0.15) is 18.3 Å². The molecule has 4 rings (SSSR count). The van der Waals surface area contributed by atoms with Crippen LogP contribution in [0.5, 0.6) is 0 Å². The van der Waals surface area contributed by atoms with Crippen LogP contribution in [0.2, 0.25) is 0 Å². The lowest BCUT2D eigenvalue weighted by molar-refractivity contribution is -0.137. The molecule has 0 radical (unpaired) electrons. The smallest absolute Gasteiger partial charge is 0.292 e. The van der Waals surface area contributed by atoms with Gasteiger partial charge < -0.3 is 0 Å². The Morgan fingerprint density at radius 1 is 1.28 bits per heavy atom. The number of aromatic nitrogens is 4. The van der Waals surface area contributed by atoms with Crippen LogP contribution in [-0.4, -0.2) is 19.3 Å². The summed E-state index contributed by atoms with van der Waals surface area (Å²) in [5.74, 6) is 0.417. The second kappa shape index (κ2) is 5.30. The van der Waals surface area contributed by atoms with Crippen molar-refractivity contribution in [3.63, 3.8) is 0 Å². The number of halogens is 3. The van der Waals surface area contributed by atoms with Gasteiger partial charge in [-0.1, -0.05) is 0 Å². The van der Waals surface area contributed by atoms with Crippen LogP contribution < -0.4 is 5.56 Å². The van der Waals surface area contributed by atoms with E-state index in [9.17, 15) is 18.0 Å². The lowest BCUT2D eigenvalue weighted by Gasteiger charge is -2.09. The molecule has 0 unspecified atom stereocenters. The fourth-order valence-corrected chi connectivity index (χ4v) is 3.05. The summed E-state index contributed by atoms with van der Waals surface area (Å²) >= 11 is 0. The molecular weight excluding hydrogens is 333 g/mol. The fraction of sp³-hybridized carbons (Fsp3) is 0.235. The Kier molecular flexibility index (Phi) is 3.31. The summed E-state index contributed by atoms with van der Waals surface area (Å²) in [5.41, 5.74) is 0.592. The molecule has 0 N–H and O–H groups in total. The molecule has 128 valence electrons. The fourth-order valence-electron chi connectivity index (χ4n) is 3.05. The molecule has 0 atom stereocenters. The normalized spacial score (nSPS) is 15.9. The van der Waals surface area contributed by atoms with E-state index < -0.39 is 11.7 Å². The third-order valence-electron chi connectivity index (χ3n) is 4.24. The van der Waals surface area contributed by atoms with Crippen LogP contribution in [0.4, 0.5) is 13.2 Å². The second-order valence-corrected chi connectivity index (χ2v) is 5.99. The van der Waals surface area contributed by atoms with E-state index in [4.69, 9.17) is 0 Å². The lowest BCUT2D eigenvalue weighted by Crippen LogP contribution is -2.21. The third kappa shape index (κ3) is 2.63. The van der Waals surface area contributed by atoms with Crippen molar-refractivity contribution in [3.05, 3.63) is 57.9 Å². The largest absolute Gasteiger partial charge is 0.416 e. The number of hydrogen-bond donors (Lipinski definition) is 0. The Hall–Kier alpha value is -2.90. The number of alkyl halides is 3. The average molecular weight is 346 g/mol. The van der Waals surface area contributed by atoms with E-state index in [1.54, 1.807) is 17.9 Å². The molecule has 5 nitrogen and oxygen atoms in total. The Morgan fingerprint density at radius 3 is 2.76 bits per heavy atom. The van der Waals surface area contributed by atoms with Crippen LogP contribution in [0.3, 0.4) is 0 Å². The number of rotatable bonds is 1. The zero-order valence-corrected chi connectivity index (χ0v) is 13.2. The van der Waals surface area contributed by atoms with Gasteiger partial charge in [0.2, 0.25) is 0 Å². The first-order chi connectivity index (χ1) is 11.8. The zero-order valence-electron chi connectivity index (χ0n) is 13.2. The van der Waals surface area contributed by atoms with Gasteiger partial charge in [0.1, 0.15) is 5.82 Å². The SMILES string of the molecule is Cn1cc(/C=C2\CCn3c2nc2cc(C(F)(F)F)ccc2c3=O)cn1. The molecule has 8 heteroatoms. The molecular formula is C17H13F3N4O. The highest BCUT2D eigenvalue weighted by molar-refractivity contribution is 5.84. The van der Waals surface area contributed by atoms with E-state index in [1.165, 1.54) is 10.6 Å². The summed E-state index contributed by atoms with van der Waals surface area (Å²) < 4.78 is 41.9. The Morgan fingerprint density at radius 2 is 2.08 bits per heavy atom. The predicted octanol–water partition coefficient (Wildman–Crippen LogP) is 3.09. The van der Waals surface area contributed by atoms with Gasteiger partial charge in [0.15, 0.2) is 0 Å². The summed E-state index contributed by atoms with van der Waals surface area (Å²) in [4.78, 5) is 16.9. The van der Waals surface area contributed by atoms with Gasteiger partial charge in [-0.05, 0) is 36.3 Å². The summed E-state index contributed by atoms with van der Waals surface area (Å²) in [6.07, 6.45) is 1.48. The number of allylic oxidation sites excluding steroid dienone is 1. The summed E-state index contributed by atoms with van der Waals surface area (Å²) in [6, 6.07) is 3.04. The highest BCUT2D eigenvalue weighted by atomic mass is 19.4. The standard InChI is InChI=1S/C17H13F3N4O/c1-23-9-10(8-21-23)6-11-4-5-24-15(11)22-14-7-12(17(18,19)20)2-3-13(14)16(24)25/h2-3,6-9H,4-5H2,1H3/b11-6+. The summed E-state index contributed by atoms with van der Waals surface area (Å²) in [5, 5.41) is 4.27. The van der Waals surface area contributed by atoms with Crippen molar-refractivity contribution in [2.45, 2.75) is 19.1 Å². The molecule has 25 heavy (non-hydrogen) atoms. The minimum atomic E-state index is -4.47. The molecule has 3 heterocycles. The summed E-state index contributed by atoms with van der Waals surface area (Å²) in [6.45, 7) is 0.463. The molecule has 0 aliphatic carbocycles. The van der Waals surface area contributed by atoms with Gasteiger partial charge in [-0.15, -0.1) is 0 Å². The molecule has 3 aromatic rings. The topological polar surface area (TPSA) is 52.7 Å². The maximum atomic E-state index is 12.9. The molecule has 2 aromatic heterocycles. The van der Waals surface area contributed by atoms with Gasteiger partial charge in [0.05, 0.1) is 22.7 Å². The van der Waals surface area contributed by atoms with Crippen molar-refractivity contribution < 1.29 is 13.2 Å². The first-order valence-corrected chi connectivity index (χ1v) is 7.64. The van der Waals surface area contributed by atoms with Crippen molar-refractivity contribution in [2.75, 3.05) is 0 Å². The first-order valence-electron chi connectivity index (χ1n) is 7.64. The van der Waals surface area contributed by atoms with Crippen LogP contribution in [-0.2, 0) is 19.8 Å². The van der Waals surface area contributed by atoms with Gasteiger partial charge in [-0.3, -0.25) is 14.0 Å². The molecule has 0 saturated carbocycles. The first kappa shape index (κ1) is 15.6. The molecule has 0 bridgehead atoms. The van der Waals surface area contributed by atoms with E-state index in [0.717, 1.165) is 23.3 Å². The van der Waals surface area contributed by atoms with Crippen molar-refractivity contribution in [2.24, 2.45) is 7.05 Å². The zero-order chi connectivity index (χ0) is 17.8. The molecule has 0 fully saturated rings. The molecule has 0 saturated heterocycles. The average Bonchev–Trinajstić information content (AvgIpc) is 3.13. The molecule has 0 spiro atoms. The number of nitrogens with zero attached hydrogens (tertiary/aromatic N) is 4. The molecule has 1 aliphatic rings. The number of aryl methyl sites for hydroxylation is 1. The van der Waals surface area contributed by atoms with Gasteiger partial charge >= 0.3 is 6.18 Å². The van der Waals surface area contributed by atoms with E-state index in [2.05, 4.69) is 10.1 Å². The van der Waals surface area contributed by atoms with E-state index in [0.29, 0.717) is 18.8 Å². The van der Waals surface area contributed by atoms with Crippen LogP contribution in [0, 0.1) is 0 Å². The molecule has 0 amide bonds. The minimum Gasteiger partial charge on any atom is -0.292 e. The van der Waals surface area contributed by atoms with Gasteiger partial charge in [0.25, 0.3) is 5.56 Å². The Labute approximate surface area is 140 Å². The van der Waals surface area contributed by atoms with Gasteiger partial charge in [0, 0.05) is 25.4 Å². The summed E-state index contributed by atoms with van der Waals surface area (Å²) in [7, 11) is 1.79. The molecule has 1 aromatic carbocycles. The Balaban J connectivity index is 1.90. The van der Waals surface area contributed by atoms with Crippen LogP contribution in [0.25, 0.3) is 22.6 Å². The highest BCUT2D eigenvalue weighted by Crippen LogP contribution is 2.32. The number of hydrogen-bond acceptors (Lipinski definition) is 3. The van der Waals surface area contributed by atoms with Crippen molar-refractivity contribution in [1.82, 2.24) is 19.3 Å².